The van der Waals surface area contributed by atoms with Crippen molar-refractivity contribution in [2.24, 2.45) is 0 Å². The SMILES string of the molecule is COc1ccc(-c2nnc(SCc3ccc(SC(F)F)c(OC)c3)n2CC2CCCO2)cc1. The number of thioether (sulfide) groups is 2. The van der Waals surface area contributed by atoms with Gasteiger partial charge in [0.05, 0.1) is 31.8 Å². The minimum Gasteiger partial charge on any atom is -0.497 e. The van der Waals surface area contributed by atoms with Crippen LogP contribution in [-0.2, 0) is 17.0 Å². The van der Waals surface area contributed by atoms with E-state index in [0.717, 1.165) is 47.3 Å². The van der Waals surface area contributed by atoms with Crippen molar-refractivity contribution in [2.45, 2.75) is 47.1 Å². The first kappa shape index (κ1) is 23.8. The Hall–Kier alpha value is -2.30. The van der Waals surface area contributed by atoms with Crippen molar-refractivity contribution < 1.29 is 23.0 Å². The van der Waals surface area contributed by atoms with Gasteiger partial charge in [-0.15, -0.1) is 10.2 Å². The Kier molecular flexibility index (Phi) is 8.11. The Balaban J connectivity index is 1.56. The average molecular weight is 494 g/mol. The number of halogens is 2. The molecule has 1 saturated heterocycles. The highest BCUT2D eigenvalue weighted by Crippen LogP contribution is 2.36. The predicted molar refractivity (Wildman–Crippen MR) is 125 cm³/mol. The highest BCUT2D eigenvalue weighted by Gasteiger charge is 2.22. The third-order valence-corrected chi connectivity index (χ3v) is 7.09. The van der Waals surface area contributed by atoms with Crippen LogP contribution in [0.1, 0.15) is 18.4 Å². The summed E-state index contributed by atoms with van der Waals surface area (Å²) in [6.07, 6.45) is 2.18. The summed E-state index contributed by atoms with van der Waals surface area (Å²) in [5.74, 6) is 0.102. The van der Waals surface area contributed by atoms with Crippen molar-refractivity contribution in [3.05, 3.63) is 48.0 Å². The van der Waals surface area contributed by atoms with Crippen LogP contribution in [0, 0.1) is 0 Å². The Morgan fingerprint density at radius 2 is 1.94 bits per heavy atom. The monoisotopic (exact) mass is 493 g/mol. The third-order valence-electron chi connectivity index (χ3n) is 5.29. The molecule has 33 heavy (non-hydrogen) atoms. The molecule has 2 heterocycles. The van der Waals surface area contributed by atoms with Crippen molar-refractivity contribution in [2.75, 3.05) is 20.8 Å². The highest BCUT2D eigenvalue weighted by molar-refractivity contribution is 7.99. The maximum absolute atomic E-state index is 12.8. The number of ether oxygens (including phenoxy) is 3. The van der Waals surface area contributed by atoms with Crippen molar-refractivity contribution in [1.29, 1.82) is 0 Å². The van der Waals surface area contributed by atoms with E-state index in [1.165, 1.54) is 7.11 Å². The topological polar surface area (TPSA) is 58.4 Å². The fraction of sp³-hybridized carbons (Fsp3) is 0.391. The van der Waals surface area contributed by atoms with Gasteiger partial charge in [-0.25, -0.2) is 0 Å². The molecule has 0 amide bonds. The molecule has 10 heteroatoms. The Labute approximate surface area is 200 Å². The largest absolute Gasteiger partial charge is 0.497 e. The predicted octanol–water partition coefficient (Wildman–Crippen LogP) is 5.75. The number of rotatable bonds is 10. The summed E-state index contributed by atoms with van der Waals surface area (Å²) in [5.41, 5.74) is 1.90. The highest BCUT2D eigenvalue weighted by atomic mass is 32.2. The molecule has 0 bridgehead atoms. The van der Waals surface area contributed by atoms with E-state index in [2.05, 4.69) is 14.8 Å². The molecule has 176 valence electrons. The molecule has 0 spiro atoms. The van der Waals surface area contributed by atoms with Crippen LogP contribution in [0.15, 0.2) is 52.5 Å². The minimum absolute atomic E-state index is 0.128. The number of aromatic nitrogens is 3. The van der Waals surface area contributed by atoms with Crippen LogP contribution in [0.4, 0.5) is 8.78 Å². The number of methoxy groups -OCH3 is 2. The lowest BCUT2D eigenvalue weighted by Crippen LogP contribution is -2.16. The van der Waals surface area contributed by atoms with E-state index in [1.54, 1.807) is 31.0 Å². The van der Waals surface area contributed by atoms with Gasteiger partial charge in [0.2, 0.25) is 0 Å². The standard InChI is InChI=1S/C23H25F2N3O3S2/c1-29-17-8-6-16(7-9-17)21-26-27-23(28(21)13-18-4-3-11-31-18)32-14-15-5-10-20(33-22(24)25)19(12-15)30-2/h5-10,12,18,22H,3-4,11,13-14H2,1-2H3. The fourth-order valence-corrected chi connectivity index (χ4v) is 5.14. The second-order valence-corrected chi connectivity index (χ2v) is 9.41. The number of hydrogen-bond donors (Lipinski definition) is 0. The minimum atomic E-state index is -2.49. The van der Waals surface area contributed by atoms with Gasteiger partial charge in [-0.1, -0.05) is 29.6 Å². The van der Waals surface area contributed by atoms with Gasteiger partial charge < -0.3 is 14.2 Å². The lowest BCUT2D eigenvalue weighted by atomic mass is 10.2. The Morgan fingerprint density at radius 3 is 2.61 bits per heavy atom. The van der Waals surface area contributed by atoms with Gasteiger partial charge in [0, 0.05) is 17.9 Å². The van der Waals surface area contributed by atoms with E-state index < -0.39 is 5.76 Å². The average Bonchev–Trinajstić information content (AvgIpc) is 3.48. The molecule has 1 fully saturated rings. The molecule has 0 saturated carbocycles. The Bertz CT molecular complexity index is 1060. The molecule has 1 unspecified atom stereocenters. The number of nitrogens with zero attached hydrogens (tertiary/aromatic N) is 3. The van der Waals surface area contributed by atoms with Crippen molar-refractivity contribution in [3.8, 4) is 22.9 Å². The van der Waals surface area contributed by atoms with Gasteiger partial charge in [0.15, 0.2) is 11.0 Å². The van der Waals surface area contributed by atoms with Gasteiger partial charge >= 0.3 is 0 Å². The molecule has 0 radical (unpaired) electrons. The van der Waals surface area contributed by atoms with Gasteiger partial charge in [0.25, 0.3) is 5.76 Å². The molecule has 4 rings (SSSR count). The molecule has 6 nitrogen and oxygen atoms in total. The summed E-state index contributed by atoms with van der Waals surface area (Å²) in [7, 11) is 3.12. The van der Waals surface area contributed by atoms with E-state index in [0.29, 0.717) is 34.7 Å². The first-order valence-corrected chi connectivity index (χ1v) is 12.4. The first-order valence-electron chi connectivity index (χ1n) is 10.5. The van der Waals surface area contributed by atoms with E-state index in [-0.39, 0.29) is 6.10 Å². The second kappa shape index (κ2) is 11.2. The maximum Gasteiger partial charge on any atom is 0.289 e. The normalized spacial score (nSPS) is 15.8. The van der Waals surface area contributed by atoms with Crippen molar-refractivity contribution in [1.82, 2.24) is 14.8 Å². The molecule has 1 aliphatic heterocycles. The smallest absolute Gasteiger partial charge is 0.289 e. The summed E-state index contributed by atoms with van der Waals surface area (Å²) in [6, 6.07) is 13.0. The summed E-state index contributed by atoms with van der Waals surface area (Å²) >= 11 is 2.03. The zero-order valence-electron chi connectivity index (χ0n) is 18.4. The van der Waals surface area contributed by atoms with E-state index in [1.807, 2.05) is 30.3 Å². The van der Waals surface area contributed by atoms with Crippen LogP contribution < -0.4 is 9.47 Å². The molecule has 3 aromatic rings. The maximum atomic E-state index is 12.8. The first-order chi connectivity index (χ1) is 16.1. The summed E-state index contributed by atoms with van der Waals surface area (Å²) in [6.45, 7) is 1.44. The quantitative estimate of drug-likeness (QED) is 0.333. The van der Waals surface area contributed by atoms with Gasteiger partial charge in [-0.2, -0.15) is 8.78 Å². The van der Waals surface area contributed by atoms with Crippen LogP contribution in [0.3, 0.4) is 0 Å². The molecule has 2 aromatic carbocycles. The number of alkyl halides is 2. The van der Waals surface area contributed by atoms with Gasteiger partial charge in [0.1, 0.15) is 11.5 Å². The molecular weight excluding hydrogens is 468 g/mol. The van der Waals surface area contributed by atoms with Gasteiger partial charge in [-0.3, -0.25) is 4.57 Å². The van der Waals surface area contributed by atoms with E-state index >= 15 is 0 Å². The lowest BCUT2D eigenvalue weighted by molar-refractivity contribution is 0.0953. The van der Waals surface area contributed by atoms with Crippen LogP contribution in [0.5, 0.6) is 11.5 Å². The molecular formula is C23H25F2N3O3S2. The molecule has 1 aliphatic rings. The molecule has 0 aliphatic carbocycles. The van der Waals surface area contributed by atoms with Crippen molar-refractivity contribution in [3.63, 3.8) is 0 Å². The summed E-state index contributed by atoms with van der Waals surface area (Å²) in [5, 5.41) is 9.69. The molecule has 0 N–H and O–H groups in total. The Morgan fingerprint density at radius 1 is 1.12 bits per heavy atom. The molecule has 1 aromatic heterocycles. The van der Waals surface area contributed by atoms with Crippen LogP contribution in [0.2, 0.25) is 0 Å². The zero-order chi connectivity index (χ0) is 23.2. The number of benzene rings is 2. The second-order valence-electron chi connectivity index (χ2n) is 7.43. The number of hydrogen-bond acceptors (Lipinski definition) is 7. The lowest BCUT2D eigenvalue weighted by Gasteiger charge is -2.15. The van der Waals surface area contributed by atoms with Crippen molar-refractivity contribution >= 4 is 23.5 Å². The van der Waals surface area contributed by atoms with E-state index in [9.17, 15) is 8.78 Å². The van der Waals surface area contributed by atoms with Crippen LogP contribution in [0.25, 0.3) is 11.4 Å². The fourth-order valence-electron chi connectivity index (χ4n) is 3.65. The summed E-state index contributed by atoms with van der Waals surface area (Å²) in [4.78, 5) is 0.421. The van der Waals surface area contributed by atoms with E-state index in [4.69, 9.17) is 14.2 Å². The third kappa shape index (κ3) is 5.99. The molecule has 1 atom stereocenters. The van der Waals surface area contributed by atoms with Gasteiger partial charge in [-0.05, 0) is 54.8 Å². The van der Waals surface area contributed by atoms with Crippen LogP contribution in [-0.4, -0.2) is 47.5 Å². The van der Waals surface area contributed by atoms with Crippen LogP contribution >= 0.6 is 23.5 Å². The summed E-state index contributed by atoms with van der Waals surface area (Å²) < 4.78 is 44.1. The zero-order valence-corrected chi connectivity index (χ0v) is 20.0.